The molecule has 0 radical (unpaired) electrons. The van der Waals surface area contributed by atoms with E-state index in [1.165, 1.54) is 19.1 Å². The van der Waals surface area contributed by atoms with Gasteiger partial charge in [-0.05, 0) is 35.9 Å². The molecule has 2 aliphatic rings. The SMILES string of the molecule is COc1ccc(C(O)=C2C(=O)C(=O)N(CCN3CCOCC3)[C@H]2c2ccc(Cl)cc2)cc1OC. The van der Waals surface area contributed by atoms with Gasteiger partial charge in [-0.25, -0.2) is 0 Å². The number of likely N-dealkylation sites (tertiary alicyclic amines) is 1. The molecule has 1 amide bonds. The minimum Gasteiger partial charge on any atom is -0.507 e. The summed E-state index contributed by atoms with van der Waals surface area (Å²) in [6, 6.07) is 11.0. The Morgan fingerprint density at radius 1 is 1.03 bits per heavy atom. The molecule has 1 N–H and O–H groups in total. The average Bonchev–Trinajstić information content (AvgIpc) is 3.12. The molecule has 2 aliphatic heterocycles. The van der Waals surface area contributed by atoms with Crippen LogP contribution in [0, 0.1) is 0 Å². The number of hydrogen-bond acceptors (Lipinski definition) is 7. The predicted molar refractivity (Wildman–Crippen MR) is 127 cm³/mol. The fraction of sp³-hybridized carbons (Fsp3) is 0.360. The second-order valence-electron chi connectivity index (χ2n) is 8.07. The molecule has 4 rings (SSSR count). The Labute approximate surface area is 203 Å². The molecule has 0 aromatic heterocycles. The Kier molecular flexibility index (Phi) is 7.41. The summed E-state index contributed by atoms with van der Waals surface area (Å²) in [6.45, 7) is 3.73. The number of Topliss-reactive ketones (excluding diaryl/α,β-unsaturated/α-hetero) is 1. The quantitative estimate of drug-likeness (QED) is 0.365. The van der Waals surface area contributed by atoms with Crippen molar-refractivity contribution in [3.63, 3.8) is 0 Å². The van der Waals surface area contributed by atoms with Crippen LogP contribution in [-0.2, 0) is 14.3 Å². The summed E-state index contributed by atoms with van der Waals surface area (Å²) in [5.74, 6) is -0.757. The van der Waals surface area contributed by atoms with Gasteiger partial charge >= 0.3 is 0 Å². The highest BCUT2D eigenvalue weighted by atomic mass is 35.5. The molecule has 2 aromatic carbocycles. The number of morpholine rings is 1. The van der Waals surface area contributed by atoms with Gasteiger partial charge in [0.25, 0.3) is 11.7 Å². The van der Waals surface area contributed by atoms with E-state index in [0.717, 1.165) is 13.1 Å². The number of aliphatic hydroxyl groups is 1. The monoisotopic (exact) mass is 486 g/mol. The number of nitrogens with zero attached hydrogens (tertiary/aromatic N) is 2. The smallest absolute Gasteiger partial charge is 0.295 e. The number of ether oxygens (including phenoxy) is 3. The molecule has 0 saturated carbocycles. The zero-order valence-electron chi connectivity index (χ0n) is 19.1. The topological polar surface area (TPSA) is 88.5 Å². The number of ketones is 1. The lowest BCUT2D eigenvalue weighted by Crippen LogP contribution is -2.42. The summed E-state index contributed by atoms with van der Waals surface area (Å²) in [7, 11) is 3.00. The zero-order chi connectivity index (χ0) is 24.2. The number of halogens is 1. The van der Waals surface area contributed by atoms with Gasteiger partial charge in [0.1, 0.15) is 5.76 Å². The third-order valence-corrected chi connectivity index (χ3v) is 6.40. The first-order chi connectivity index (χ1) is 16.4. The summed E-state index contributed by atoms with van der Waals surface area (Å²) in [6.07, 6.45) is 0. The van der Waals surface area contributed by atoms with Crippen molar-refractivity contribution in [2.24, 2.45) is 0 Å². The summed E-state index contributed by atoms with van der Waals surface area (Å²) in [5, 5.41) is 11.8. The van der Waals surface area contributed by atoms with E-state index < -0.39 is 17.7 Å². The van der Waals surface area contributed by atoms with Gasteiger partial charge in [0.15, 0.2) is 11.5 Å². The standard InChI is InChI=1S/C25H27ClN2O6/c1-32-19-8-5-17(15-20(19)33-2)23(29)21-22(16-3-6-18(26)7-4-16)28(25(31)24(21)30)10-9-27-11-13-34-14-12-27/h3-8,15,22,29H,9-14H2,1-2H3/t22-/m0/s1. The summed E-state index contributed by atoms with van der Waals surface area (Å²) < 4.78 is 16.0. The van der Waals surface area contributed by atoms with Gasteiger partial charge in [-0.2, -0.15) is 0 Å². The normalized spacial score (nSPS) is 20.6. The van der Waals surface area contributed by atoms with Crippen LogP contribution in [0.4, 0.5) is 0 Å². The van der Waals surface area contributed by atoms with Gasteiger partial charge in [-0.1, -0.05) is 23.7 Å². The van der Waals surface area contributed by atoms with Gasteiger partial charge < -0.3 is 24.2 Å². The van der Waals surface area contributed by atoms with Crippen LogP contribution < -0.4 is 9.47 Å². The van der Waals surface area contributed by atoms with Crippen molar-refractivity contribution in [1.82, 2.24) is 9.80 Å². The lowest BCUT2D eigenvalue weighted by atomic mass is 9.95. The van der Waals surface area contributed by atoms with E-state index in [9.17, 15) is 14.7 Å². The number of hydrogen-bond donors (Lipinski definition) is 1. The van der Waals surface area contributed by atoms with Crippen LogP contribution in [0.1, 0.15) is 17.2 Å². The van der Waals surface area contributed by atoms with Gasteiger partial charge in [-0.15, -0.1) is 0 Å². The van der Waals surface area contributed by atoms with Crippen molar-refractivity contribution in [3.05, 3.63) is 64.2 Å². The third kappa shape index (κ3) is 4.75. The lowest BCUT2D eigenvalue weighted by molar-refractivity contribution is -0.140. The van der Waals surface area contributed by atoms with Crippen molar-refractivity contribution in [2.45, 2.75) is 6.04 Å². The highest BCUT2D eigenvalue weighted by Crippen LogP contribution is 2.40. The Balaban J connectivity index is 1.75. The van der Waals surface area contributed by atoms with Gasteiger partial charge in [-0.3, -0.25) is 14.5 Å². The Morgan fingerprint density at radius 3 is 2.35 bits per heavy atom. The second-order valence-corrected chi connectivity index (χ2v) is 8.50. The first-order valence-corrected chi connectivity index (χ1v) is 11.4. The van der Waals surface area contributed by atoms with E-state index in [2.05, 4.69) is 4.90 Å². The van der Waals surface area contributed by atoms with Gasteiger partial charge in [0, 0.05) is 36.8 Å². The molecule has 34 heavy (non-hydrogen) atoms. The molecule has 2 heterocycles. The molecule has 2 aromatic rings. The molecule has 2 saturated heterocycles. The summed E-state index contributed by atoms with van der Waals surface area (Å²) in [5.41, 5.74) is 1.07. The molecule has 8 nitrogen and oxygen atoms in total. The predicted octanol–water partition coefficient (Wildman–Crippen LogP) is 3.11. The molecule has 1 atom stereocenters. The van der Waals surface area contributed by atoms with E-state index >= 15 is 0 Å². The minimum absolute atomic E-state index is 0.0292. The van der Waals surface area contributed by atoms with Crippen LogP contribution in [0.2, 0.25) is 5.02 Å². The lowest BCUT2D eigenvalue weighted by Gasteiger charge is -2.31. The van der Waals surface area contributed by atoms with E-state index in [1.807, 2.05) is 0 Å². The number of benzene rings is 2. The molecule has 180 valence electrons. The molecule has 2 fully saturated rings. The molecule has 0 spiro atoms. The fourth-order valence-corrected chi connectivity index (χ4v) is 4.44. The molecule has 9 heteroatoms. The minimum atomic E-state index is -0.744. The number of amides is 1. The van der Waals surface area contributed by atoms with Crippen LogP contribution in [0.15, 0.2) is 48.0 Å². The van der Waals surface area contributed by atoms with Crippen LogP contribution >= 0.6 is 11.6 Å². The van der Waals surface area contributed by atoms with Crippen molar-refractivity contribution in [3.8, 4) is 11.5 Å². The van der Waals surface area contributed by atoms with Crippen molar-refractivity contribution in [2.75, 3.05) is 53.6 Å². The Morgan fingerprint density at radius 2 is 1.71 bits per heavy atom. The maximum atomic E-state index is 13.2. The Hall–Kier alpha value is -3.07. The van der Waals surface area contributed by atoms with E-state index in [1.54, 1.807) is 42.5 Å². The molecule has 0 bridgehead atoms. The van der Waals surface area contributed by atoms with E-state index in [-0.39, 0.29) is 11.3 Å². The van der Waals surface area contributed by atoms with Crippen LogP contribution in [-0.4, -0.2) is 80.2 Å². The maximum absolute atomic E-state index is 13.2. The highest BCUT2D eigenvalue weighted by Gasteiger charge is 2.46. The molecular formula is C25H27ClN2O6. The van der Waals surface area contributed by atoms with Crippen molar-refractivity contribution < 1.29 is 28.9 Å². The Bertz CT molecular complexity index is 1100. The summed E-state index contributed by atoms with van der Waals surface area (Å²) in [4.78, 5) is 30.0. The van der Waals surface area contributed by atoms with E-state index in [0.29, 0.717) is 54.0 Å². The number of carbonyl (C=O) groups excluding carboxylic acids is 2. The zero-order valence-corrected chi connectivity index (χ0v) is 19.9. The largest absolute Gasteiger partial charge is 0.507 e. The highest BCUT2D eigenvalue weighted by molar-refractivity contribution is 6.46. The second kappa shape index (κ2) is 10.5. The van der Waals surface area contributed by atoms with Crippen molar-refractivity contribution in [1.29, 1.82) is 0 Å². The van der Waals surface area contributed by atoms with Crippen LogP contribution in [0.25, 0.3) is 5.76 Å². The number of methoxy groups -OCH3 is 2. The van der Waals surface area contributed by atoms with Crippen LogP contribution in [0.5, 0.6) is 11.5 Å². The number of carbonyl (C=O) groups is 2. The maximum Gasteiger partial charge on any atom is 0.295 e. The average molecular weight is 487 g/mol. The van der Waals surface area contributed by atoms with Crippen LogP contribution in [0.3, 0.4) is 0 Å². The third-order valence-electron chi connectivity index (χ3n) is 6.14. The first-order valence-electron chi connectivity index (χ1n) is 11.0. The van der Waals surface area contributed by atoms with Gasteiger partial charge in [0.05, 0.1) is 39.0 Å². The molecular weight excluding hydrogens is 460 g/mol. The first kappa shape index (κ1) is 24.1. The van der Waals surface area contributed by atoms with Gasteiger partial charge in [0.2, 0.25) is 0 Å². The number of rotatable bonds is 7. The fourth-order valence-electron chi connectivity index (χ4n) is 4.32. The van der Waals surface area contributed by atoms with E-state index in [4.69, 9.17) is 25.8 Å². The molecule has 0 unspecified atom stereocenters. The van der Waals surface area contributed by atoms with Crippen molar-refractivity contribution >= 4 is 29.1 Å². The number of aliphatic hydroxyl groups excluding tert-OH is 1. The molecule has 0 aliphatic carbocycles. The summed E-state index contributed by atoms with van der Waals surface area (Å²) >= 11 is 6.08.